The van der Waals surface area contributed by atoms with Crippen molar-refractivity contribution in [3.05, 3.63) is 65.2 Å². The van der Waals surface area contributed by atoms with Crippen molar-refractivity contribution in [1.29, 1.82) is 0 Å². The van der Waals surface area contributed by atoms with Gasteiger partial charge < -0.3 is 22.1 Å². The molecule has 178 valence electrons. The van der Waals surface area contributed by atoms with Gasteiger partial charge in [-0.15, -0.1) is 0 Å². The van der Waals surface area contributed by atoms with Crippen LogP contribution in [-0.2, 0) is 6.42 Å². The predicted molar refractivity (Wildman–Crippen MR) is 132 cm³/mol. The molecule has 0 unspecified atom stereocenters. The van der Waals surface area contributed by atoms with Crippen LogP contribution in [0, 0.1) is 12.7 Å². The molecule has 1 heterocycles. The van der Waals surface area contributed by atoms with E-state index in [-0.39, 0.29) is 35.6 Å². The molecule has 0 spiro atoms. The van der Waals surface area contributed by atoms with Crippen LogP contribution < -0.4 is 22.1 Å². The van der Waals surface area contributed by atoms with Gasteiger partial charge in [-0.05, 0) is 56.0 Å². The van der Waals surface area contributed by atoms with Gasteiger partial charge in [-0.25, -0.2) is 19.4 Å². The first-order valence-corrected chi connectivity index (χ1v) is 11.6. The fourth-order valence-electron chi connectivity index (χ4n) is 4.31. The minimum absolute atomic E-state index is 0.00356. The Balaban J connectivity index is 1.56. The van der Waals surface area contributed by atoms with E-state index in [4.69, 9.17) is 11.5 Å². The van der Waals surface area contributed by atoms with E-state index in [0.29, 0.717) is 24.3 Å². The number of halogens is 1. The zero-order valence-corrected chi connectivity index (χ0v) is 19.2. The SMILES string of the molecule is Cc1ccc2nc(C(=O)NCCc3ccc(F)cc3)nc(N[C@H]3CCCC[C@H]3N=C(N)N)c2c1. The average molecular weight is 464 g/mol. The summed E-state index contributed by atoms with van der Waals surface area (Å²) in [6.45, 7) is 2.39. The molecule has 8 nitrogen and oxygen atoms in total. The van der Waals surface area contributed by atoms with Crippen LogP contribution in [0.4, 0.5) is 10.2 Å². The molecule has 1 amide bonds. The number of nitrogens with two attached hydrogens (primary N) is 2. The van der Waals surface area contributed by atoms with Gasteiger partial charge >= 0.3 is 0 Å². The first kappa shape index (κ1) is 23.4. The normalized spacial score (nSPS) is 17.8. The number of nitrogens with zero attached hydrogens (tertiary/aromatic N) is 3. The number of carbonyl (C=O) groups is 1. The summed E-state index contributed by atoms with van der Waals surface area (Å²) in [5.74, 6) is 0.111. The summed E-state index contributed by atoms with van der Waals surface area (Å²) in [4.78, 5) is 26.4. The van der Waals surface area contributed by atoms with Crippen LogP contribution in [0.2, 0.25) is 0 Å². The van der Waals surface area contributed by atoms with E-state index in [0.717, 1.165) is 42.2 Å². The van der Waals surface area contributed by atoms with Gasteiger partial charge in [0.2, 0.25) is 5.82 Å². The molecular weight excluding hydrogens is 433 g/mol. The summed E-state index contributed by atoms with van der Waals surface area (Å²) < 4.78 is 13.1. The van der Waals surface area contributed by atoms with Gasteiger partial charge in [0, 0.05) is 11.9 Å². The van der Waals surface area contributed by atoms with E-state index in [1.165, 1.54) is 12.1 Å². The zero-order chi connectivity index (χ0) is 24.1. The largest absolute Gasteiger partial charge is 0.370 e. The number of hydrogen-bond acceptors (Lipinski definition) is 5. The Labute approximate surface area is 198 Å². The third-order valence-corrected chi connectivity index (χ3v) is 6.03. The number of amides is 1. The second kappa shape index (κ2) is 10.5. The summed E-state index contributed by atoms with van der Waals surface area (Å²) in [5, 5.41) is 7.21. The molecule has 1 aliphatic carbocycles. The van der Waals surface area contributed by atoms with Gasteiger partial charge in [0.25, 0.3) is 5.91 Å². The van der Waals surface area contributed by atoms with E-state index >= 15 is 0 Å². The molecule has 3 aromatic rings. The maximum Gasteiger partial charge on any atom is 0.289 e. The van der Waals surface area contributed by atoms with Gasteiger partial charge in [0.05, 0.1) is 17.6 Å². The lowest BCUT2D eigenvalue weighted by atomic mass is 9.90. The summed E-state index contributed by atoms with van der Waals surface area (Å²) in [7, 11) is 0. The molecule has 2 atom stereocenters. The zero-order valence-electron chi connectivity index (χ0n) is 19.2. The fourth-order valence-corrected chi connectivity index (χ4v) is 4.31. The van der Waals surface area contributed by atoms with Crippen molar-refractivity contribution in [2.24, 2.45) is 16.5 Å². The number of rotatable bonds is 7. The highest BCUT2D eigenvalue weighted by Crippen LogP contribution is 2.28. The number of aliphatic imine (C=N–C) groups is 1. The molecule has 9 heteroatoms. The Morgan fingerprint density at radius 1 is 1.12 bits per heavy atom. The standard InChI is InChI=1S/C25H30FN7O/c1-15-6-11-19-18(14-15)22(31-20-4-2-3-5-21(20)32-25(27)28)33-23(30-19)24(34)29-13-12-16-7-9-17(26)10-8-16/h6-11,14,20-21H,2-5,12-13H2,1H3,(H,29,34)(H4,27,28,32)(H,30,31,33)/t20-,21+/m0/s1. The first-order chi connectivity index (χ1) is 16.4. The van der Waals surface area contributed by atoms with E-state index in [2.05, 4.69) is 25.6 Å². The van der Waals surface area contributed by atoms with Crippen LogP contribution in [0.3, 0.4) is 0 Å². The predicted octanol–water partition coefficient (Wildman–Crippen LogP) is 3.05. The fraction of sp³-hybridized carbons (Fsp3) is 0.360. The molecule has 4 rings (SSSR count). The Kier molecular flexibility index (Phi) is 7.20. The van der Waals surface area contributed by atoms with Gasteiger partial charge in [-0.1, -0.05) is 36.6 Å². The minimum Gasteiger partial charge on any atom is -0.370 e. The van der Waals surface area contributed by atoms with Crippen molar-refractivity contribution in [3.8, 4) is 0 Å². The topological polar surface area (TPSA) is 131 Å². The van der Waals surface area contributed by atoms with Crippen LogP contribution in [0.5, 0.6) is 0 Å². The lowest BCUT2D eigenvalue weighted by molar-refractivity contribution is 0.0944. The van der Waals surface area contributed by atoms with E-state index < -0.39 is 0 Å². The van der Waals surface area contributed by atoms with Gasteiger partial charge in [-0.2, -0.15) is 0 Å². The summed E-state index contributed by atoms with van der Waals surface area (Å²) in [6, 6.07) is 12.0. The molecule has 34 heavy (non-hydrogen) atoms. The lowest BCUT2D eigenvalue weighted by Gasteiger charge is -2.30. The molecule has 6 N–H and O–H groups in total. The van der Waals surface area contributed by atoms with Crippen molar-refractivity contribution in [1.82, 2.24) is 15.3 Å². The number of guanidine groups is 1. The van der Waals surface area contributed by atoms with Gasteiger partial charge in [0.15, 0.2) is 5.96 Å². The van der Waals surface area contributed by atoms with Crippen molar-refractivity contribution >= 4 is 28.6 Å². The highest BCUT2D eigenvalue weighted by Gasteiger charge is 2.26. The molecule has 1 aliphatic rings. The van der Waals surface area contributed by atoms with Crippen molar-refractivity contribution < 1.29 is 9.18 Å². The minimum atomic E-state index is -0.364. The van der Waals surface area contributed by atoms with E-state index in [9.17, 15) is 9.18 Å². The lowest BCUT2D eigenvalue weighted by Crippen LogP contribution is -2.38. The number of benzene rings is 2. The maximum atomic E-state index is 13.1. The summed E-state index contributed by atoms with van der Waals surface area (Å²) >= 11 is 0. The highest BCUT2D eigenvalue weighted by atomic mass is 19.1. The monoisotopic (exact) mass is 463 g/mol. The molecule has 0 aliphatic heterocycles. The van der Waals surface area contributed by atoms with Gasteiger partial charge in [-0.3, -0.25) is 4.79 Å². The number of fused-ring (bicyclic) bond motifs is 1. The summed E-state index contributed by atoms with van der Waals surface area (Å²) in [6.07, 6.45) is 4.48. The molecule has 1 aromatic heterocycles. The quantitative estimate of drug-likeness (QED) is 0.315. The van der Waals surface area contributed by atoms with Crippen LogP contribution in [-0.4, -0.2) is 40.5 Å². The van der Waals surface area contributed by atoms with Crippen LogP contribution >= 0.6 is 0 Å². The molecule has 0 saturated heterocycles. The smallest absolute Gasteiger partial charge is 0.289 e. The third-order valence-electron chi connectivity index (χ3n) is 6.03. The molecule has 2 aromatic carbocycles. The van der Waals surface area contributed by atoms with Crippen LogP contribution in [0.25, 0.3) is 10.9 Å². The Hall–Kier alpha value is -3.75. The Bertz CT molecular complexity index is 1190. The molecular formula is C25H30FN7O. The highest BCUT2D eigenvalue weighted by molar-refractivity contribution is 5.96. The molecule has 0 bridgehead atoms. The molecule has 1 fully saturated rings. The van der Waals surface area contributed by atoms with Gasteiger partial charge in [0.1, 0.15) is 11.6 Å². The third kappa shape index (κ3) is 5.78. The average Bonchev–Trinajstić information content (AvgIpc) is 2.81. The Morgan fingerprint density at radius 2 is 1.88 bits per heavy atom. The summed E-state index contributed by atoms with van der Waals surface area (Å²) in [5.41, 5.74) is 14.0. The first-order valence-electron chi connectivity index (χ1n) is 11.6. The number of anilines is 1. The number of aryl methyl sites for hydroxylation is 1. The number of carbonyl (C=O) groups excluding carboxylic acids is 1. The van der Waals surface area contributed by atoms with Crippen molar-refractivity contribution in [2.45, 2.75) is 51.1 Å². The maximum absolute atomic E-state index is 13.1. The Morgan fingerprint density at radius 3 is 2.65 bits per heavy atom. The van der Waals surface area contributed by atoms with Crippen LogP contribution in [0.1, 0.15) is 47.4 Å². The van der Waals surface area contributed by atoms with Crippen molar-refractivity contribution in [3.63, 3.8) is 0 Å². The molecule has 0 radical (unpaired) electrons. The second-order valence-electron chi connectivity index (χ2n) is 8.71. The second-order valence-corrected chi connectivity index (χ2v) is 8.71. The van der Waals surface area contributed by atoms with Crippen LogP contribution in [0.15, 0.2) is 47.5 Å². The van der Waals surface area contributed by atoms with E-state index in [1.807, 2.05) is 25.1 Å². The number of nitrogens with one attached hydrogen (secondary N) is 2. The number of hydrogen-bond donors (Lipinski definition) is 4. The van der Waals surface area contributed by atoms with Crippen molar-refractivity contribution in [2.75, 3.05) is 11.9 Å². The number of aromatic nitrogens is 2. The molecule has 1 saturated carbocycles. The van der Waals surface area contributed by atoms with E-state index in [1.54, 1.807) is 12.1 Å².